The van der Waals surface area contributed by atoms with E-state index in [0.29, 0.717) is 6.54 Å². The van der Waals surface area contributed by atoms with E-state index in [9.17, 15) is 14.9 Å². The molecule has 26 heavy (non-hydrogen) atoms. The summed E-state index contributed by atoms with van der Waals surface area (Å²) < 4.78 is 0. The van der Waals surface area contributed by atoms with Gasteiger partial charge in [-0.1, -0.05) is 38.1 Å². The molecule has 2 heterocycles. The van der Waals surface area contributed by atoms with Gasteiger partial charge in [-0.25, -0.2) is 0 Å². The predicted octanol–water partition coefficient (Wildman–Crippen LogP) is 3.23. The van der Waals surface area contributed by atoms with Crippen molar-refractivity contribution in [3.05, 3.63) is 75.8 Å². The topological polar surface area (TPSA) is 75.5 Å². The van der Waals surface area contributed by atoms with Crippen LogP contribution in [0, 0.1) is 10.1 Å². The van der Waals surface area contributed by atoms with Gasteiger partial charge in [0.05, 0.1) is 11.5 Å². The second kappa shape index (κ2) is 5.42. The van der Waals surface area contributed by atoms with E-state index >= 15 is 0 Å². The molecule has 2 aliphatic heterocycles. The third-order valence-electron chi connectivity index (χ3n) is 5.50. The number of fused-ring (bicyclic) bond motifs is 3. The minimum Gasteiger partial charge on any atom is -0.335 e. The van der Waals surface area contributed by atoms with Crippen molar-refractivity contribution in [3.8, 4) is 0 Å². The van der Waals surface area contributed by atoms with Crippen LogP contribution in [0.2, 0.25) is 0 Å². The molecule has 0 saturated carbocycles. The van der Waals surface area contributed by atoms with Gasteiger partial charge in [-0.15, -0.1) is 0 Å². The van der Waals surface area contributed by atoms with Crippen LogP contribution < -0.4 is 10.2 Å². The summed E-state index contributed by atoms with van der Waals surface area (Å²) >= 11 is 0. The lowest BCUT2D eigenvalue weighted by atomic mass is 9.75. The number of hydrogen-bond acceptors (Lipinski definition) is 4. The van der Waals surface area contributed by atoms with Crippen molar-refractivity contribution in [1.82, 2.24) is 5.32 Å². The third kappa shape index (κ3) is 2.15. The Balaban J connectivity index is 1.76. The Kier molecular flexibility index (Phi) is 3.41. The fourth-order valence-corrected chi connectivity index (χ4v) is 4.06. The van der Waals surface area contributed by atoms with Gasteiger partial charge in [0.25, 0.3) is 5.69 Å². The first-order valence-electron chi connectivity index (χ1n) is 8.47. The standard InChI is InChI=1S/C20H19N3O3/c1-19(2)16-5-3-4-6-17(16)22-13-18(24)21-20(19,22)12-11-14-7-9-15(10-8-14)23(25)26/h3-12H,13H2,1-2H3,(H,21,24). The molecular formula is C20H19N3O3. The SMILES string of the molecule is CC1(C)c2ccccc2N2CC(=O)NC21C=Cc1ccc([N+](=O)[O-])cc1. The van der Waals surface area contributed by atoms with Crippen LogP contribution in [0.3, 0.4) is 0 Å². The molecule has 1 N–H and O–H groups in total. The third-order valence-corrected chi connectivity index (χ3v) is 5.50. The van der Waals surface area contributed by atoms with Crippen LogP contribution in [0.5, 0.6) is 0 Å². The summed E-state index contributed by atoms with van der Waals surface area (Å²) in [6, 6.07) is 14.5. The number of carbonyl (C=O) groups is 1. The van der Waals surface area contributed by atoms with Gasteiger partial charge in [-0.2, -0.15) is 0 Å². The Morgan fingerprint density at radius 3 is 2.54 bits per heavy atom. The molecule has 132 valence electrons. The largest absolute Gasteiger partial charge is 0.335 e. The lowest BCUT2D eigenvalue weighted by molar-refractivity contribution is -0.384. The molecule has 4 rings (SSSR count). The number of non-ortho nitro benzene ring substituents is 1. The highest BCUT2D eigenvalue weighted by Gasteiger charge is 2.59. The van der Waals surface area contributed by atoms with Gasteiger partial charge in [-0.05, 0) is 35.4 Å². The average Bonchev–Trinajstić information content (AvgIpc) is 3.05. The Morgan fingerprint density at radius 2 is 1.85 bits per heavy atom. The van der Waals surface area contributed by atoms with Crippen LogP contribution in [0.1, 0.15) is 25.0 Å². The Hall–Kier alpha value is -3.15. The maximum absolute atomic E-state index is 12.2. The summed E-state index contributed by atoms with van der Waals surface area (Å²) in [7, 11) is 0. The quantitative estimate of drug-likeness (QED) is 0.682. The molecule has 0 bridgehead atoms. The van der Waals surface area contributed by atoms with Gasteiger partial charge in [0, 0.05) is 23.2 Å². The van der Waals surface area contributed by atoms with E-state index in [1.807, 2.05) is 30.4 Å². The first kappa shape index (κ1) is 16.3. The van der Waals surface area contributed by atoms with Crippen LogP contribution in [0.15, 0.2) is 54.6 Å². The minimum atomic E-state index is -0.657. The van der Waals surface area contributed by atoms with E-state index in [1.54, 1.807) is 12.1 Å². The average molecular weight is 349 g/mol. The Morgan fingerprint density at radius 1 is 1.15 bits per heavy atom. The highest BCUT2D eigenvalue weighted by atomic mass is 16.6. The number of carbonyl (C=O) groups excluding carboxylic acids is 1. The van der Waals surface area contributed by atoms with Crippen LogP contribution >= 0.6 is 0 Å². The maximum atomic E-state index is 12.2. The summed E-state index contributed by atoms with van der Waals surface area (Å²) in [6.07, 6.45) is 3.91. The molecule has 0 spiro atoms. The smallest absolute Gasteiger partial charge is 0.269 e. The number of benzene rings is 2. The number of nitro groups is 1. The second-order valence-corrected chi connectivity index (χ2v) is 7.22. The summed E-state index contributed by atoms with van der Waals surface area (Å²) in [5.41, 5.74) is 2.17. The van der Waals surface area contributed by atoms with Crippen LogP contribution in [-0.4, -0.2) is 23.0 Å². The summed E-state index contributed by atoms with van der Waals surface area (Å²) in [5.74, 6) is -0.0130. The molecule has 6 nitrogen and oxygen atoms in total. The van der Waals surface area contributed by atoms with Crippen molar-refractivity contribution in [2.45, 2.75) is 24.9 Å². The lowest BCUT2D eigenvalue weighted by Crippen LogP contribution is -2.58. The zero-order chi connectivity index (χ0) is 18.5. The number of para-hydroxylation sites is 1. The molecule has 1 amide bonds. The van der Waals surface area contributed by atoms with Gasteiger partial charge in [0.2, 0.25) is 5.91 Å². The number of amides is 1. The number of nitro benzene ring substituents is 1. The van der Waals surface area contributed by atoms with E-state index < -0.39 is 10.6 Å². The Labute approximate surface area is 151 Å². The van der Waals surface area contributed by atoms with Crippen molar-refractivity contribution in [2.75, 3.05) is 11.4 Å². The maximum Gasteiger partial charge on any atom is 0.269 e. The normalized spacial score (nSPS) is 23.0. The van der Waals surface area contributed by atoms with E-state index in [4.69, 9.17) is 0 Å². The highest BCUT2D eigenvalue weighted by molar-refractivity contribution is 5.91. The van der Waals surface area contributed by atoms with Crippen molar-refractivity contribution >= 4 is 23.4 Å². The van der Waals surface area contributed by atoms with E-state index in [-0.39, 0.29) is 17.0 Å². The number of anilines is 1. The van der Waals surface area contributed by atoms with Crippen molar-refractivity contribution in [3.63, 3.8) is 0 Å². The molecule has 1 saturated heterocycles. The molecule has 2 aromatic rings. The molecule has 1 unspecified atom stereocenters. The highest BCUT2D eigenvalue weighted by Crippen LogP contribution is 2.52. The van der Waals surface area contributed by atoms with Crippen LogP contribution in [-0.2, 0) is 10.2 Å². The zero-order valence-electron chi connectivity index (χ0n) is 14.6. The number of rotatable bonds is 3. The first-order valence-corrected chi connectivity index (χ1v) is 8.47. The molecule has 2 aliphatic rings. The molecule has 1 atom stereocenters. The minimum absolute atomic E-state index is 0.0130. The van der Waals surface area contributed by atoms with E-state index in [1.165, 1.54) is 17.7 Å². The summed E-state index contributed by atoms with van der Waals surface area (Å²) in [4.78, 5) is 24.7. The van der Waals surface area contributed by atoms with E-state index in [0.717, 1.165) is 11.3 Å². The molecule has 0 radical (unpaired) electrons. The van der Waals surface area contributed by atoms with Crippen molar-refractivity contribution < 1.29 is 9.72 Å². The fourth-order valence-electron chi connectivity index (χ4n) is 4.06. The molecule has 0 aliphatic carbocycles. The van der Waals surface area contributed by atoms with Gasteiger partial charge in [0.1, 0.15) is 5.66 Å². The van der Waals surface area contributed by atoms with Crippen molar-refractivity contribution in [2.24, 2.45) is 0 Å². The summed E-state index contributed by atoms with van der Waals surface area (Å²) in [5, 5.41) is 14.0. The van der Waals surface area contributed by atoms with Crippen LogP contribution in [0.25, 0.3) is 6.08 Å². The molecule has 1 fully saturated rings. The number of nitrogens with one attached hydrogen (secondary N) is 1. The van der Waals surface area contributed by atoms with Gasteiger partial charge >= 0.3 is 0 Å². The lowest BCUT2D eigenvalue weighted by Gasteiger charge is -2.40. The number of nitrogens with zero attached hydrogens (tertiary/aromatic N) is 2. The van der Waals surface area contributed by atoms with Crippen LogP contribution in [0.4, 0.5) is 11.4 Å². The number of hydrogen-bond donors (Lipinski definition) is 1. The summed E-state index contributed by atoms with van der Waals surface area (Å²) in [6.45, 7) is 4.56. The van der Waals surface area contributed by atoms with Gasteiger partial charge in [-0.3, -0.25) is 14.9 Å². The molecule has 0 aromatic heterocycles. The van der Waals surface area contributed by atoms with Gasteiger partial charge in [0.15, 0.2) is 0 Å². The predicted molar refractivity (Wildman–Crippen MR) is 99.8 cm³/mol. The Bertz CT molecular complexity index is 934. The van der Waals surface area contributed by atoms with Crippen molar-refractivity contribution in [1.29, 1.82) is 0 Å². The fraction of sp³-hybridized carbons (Fsp3) is 0.250. The first-order chi connectivity index (χ1) is 12.3. The zero-order valence-corrected chi connectivity index (χ0v) is 14.6. The monoisotopic (exact) mass is 349 g/mol. The second-order valence-electron chi connectivity index (χ2n) is 7.22. The molecular weight excluding hydrogens is 330 g/mol. The molecule has 2 aromatic carbocycles. The van der Waals surface area contributed by atoms with Gasteiger partial charge < -0.3 is 10.2 Å². The molecule has 6 heteroatoms. The van der Waals surface area contributed by atoms with E-state index in [2.05, 4.69) is 30.1 Å².